The minimum absolute atomic E-state index is 0.115. The number of ether oxygens (including phenoxy) is 1. The molecule has 3 N–H and O–H groups in total. The fourth-order valence-corrected chi connectivity index (χ4v) is 1.69. The van der Waals surface area contributed by atoms with Gasteiger partial charge in [-0.25, -0.2) is 9.18 Å². The Morgan fingerprint density at radius 2 is 2.44 bits per heavy atom. The molecular formula is C9H12FN3O3. The predicted octanol–water partition coefficient (Wildman–Crippen LogP) is -0.366. The summed E-state index contributed by atoms with van der Waals surface area (Å²) in [6.45, 7) is -0.115. The van der Waals surface area contributed by atoms with Crippen LogP contribution in [0, 0.1) is 5.82 Å². The lowest BCUT2D eigenvalue weighted by atomic mass is 10.2. The minimum Gasteiger partial charge on any atom is -0.394 e. The van der Waals surface area contributed by atoms with Crippen molar-refractivity contribution in [3.05, 3.63) is 22.5 Å². The van der Waals surface area contributed by atoms with E-state index in [9.17, 15) is 9.18 Å². The summed E-state index contributed by atoms with van der Waals surface area (Å²) in [5.74, 6) is -1.17. The monoisotopic (exact) mass is 229 g/mol. The quantitative estimate of drug-likeness (QED) is 0.722. The molecule has 1 aliphatic rings. The Morgan fingerprint density at radius 3 is 3.06 bits per heavy atom. The molecule has 0 aromatic carbocycles. The van der Waals surface area contributed by atoms with Gasteiger partial charge in [0.25, 0.3) is 0 Å². The first-order valence-electron chi connectivity index (χ1n) is 4.92. The fourth-order valence-electron chi connectivity index (χ4n) is 1.69. The van der Waals surface area contributed by atoms with E-state index in [-0.39, 0.29) is 12.7 Å². The van der Waals surface area contributed by atoms with E-state index in [0.717, 1.165) is 10.8 Å². The number of nitrogens with two attached hydrogens (primary N) is 1. The van der Waals surface area contributed by atoms with Gasteiger partial charge in [-0.05, 0) is 12.8 Å². The fraction of sp³-hybridized carbons (Fsp3) is 0.556. The molecule has 2 atom stereocenters. The van der Waals surface area contributed by atoms with Crippen LogP contribution >= 0.6 is 0 Å². The van der Waals surface area contributed by atoms with Gasteiger partial charge in [0.15, 0.2) is 11.6 Å². The molecule has 2 rings (SSSR count). The molecule has 16 heavy (non-hydrogen) atoms. The molecule has 0 saturated carbocycles. The lowest BCUT2D eigenvalue weighted by Crippen LogP contribution is -2.28. The summed E-state index contributed by atoms with van der Waals surface area (Å²) in [6.07, 6.45) is 1.26. The molecule has 0 bridgehead atoms. The first-order chi connectivity index (χ1) is 7.61. The normalized spacial score (nSPS) is 24.9. The van der Waals surface area contributed by atoms with Crippen molar-refractivity contribution in [2.24, 2.45) is 0 Å². The summed E-state index contributed by atoms with van der Waals surface area (Å²) in [7, 11) is 0. The number of hydrogen-bond donors (Lipinski definition) is 2. The maximum Gasteiger partial charge on any atom is 0.351 e. The maximum atomic E-state index is 13.1. The van der Waals surface area contributed by atoms with Crippen LogP contribution in [0.15, 0.2) is 11.0 Å². The van der Waals surface area contributed by atoms with Crippen molar-refractivity contribution in [2.75, 3.05) is 12.3 Å². The molecule has 1 aliphatic heterocycles. The molecule has 1 aromatic heterocycles. The van der Waals surface area contributed by atoms with Gasteiger partial charge in [0, 0.05) is 0 Å². The summed E-state index contributed by atoms with van der Waals surface area (Å²) in [6, 6.07) is 0. The molecule has 88 valence electrons. The number of halogens is 1. The highest BCUT2D eigenvalue weighted by Gasteiger charge is 2.27. The second kappa shape index (κ2) is 4.18. The number of aliphatic hydroxyl groups excluding tert-OH is 1. The molecule has 0 spiro atoms. The van der Waals surface area contributed by atoms with Crippen LogP contribution in [-0.2, 0) is 4.74 Å². The van der Waals surface area contributed by atoms with Gasteiger partial charge in [0.1, 0.15) is 6.23 Å². The summed E-state index contributed by atoms with van der Waals surface area (Å²) in [5.41, 5.74) is 4.51. The van der Waals surface area contributed by atoms with Crippen molar-refractivity contribution in [1.82, 2.24) is 9.55 Å². The average Bonchev–Trinajstić information content (AvgIpc) is 2.71. The molecule has 2 heterocycles. The van der Waals surface area contributed by atoms with E-state index >= 15 is 0 Å². The van der Waals surface area contributed by atoms with Crippen LogP contribution < -0.4 is 11.4 Å². The van der Waals surface area contributed by atoms with E-state index in [1.54, 1.807) is 0 Å². The molecule has 0 radical (unpaired) electrons. The maximum absolute atomic E-state index is 13.1. The number of hydrogen-bond acceptors (Lipinski definition) is 5. The highest BCUT2D eigenvalue weighted by Crippen LogP contribution is 2.26. The van der Waals surface area contributed by atoms with Crippen molar-refractivity contribution in [2.45, 2.75) is 25.2 Å². The van der Waals surface area contributed by atoms with Crippen LogP contribution in [0.4, 0.5) is 10.2 Å². The molecule has 0 amide bonds. The summed E-state index contributed by atoms with van der Waals surface area (Å²) >= 11 is 0. The Morgan fingerprint density at radius 1 is 1.69 bits per heavy atom. The molecule has 0 aliphatic carbocycles. The summed E-state index contributed by atoms with van der Waals surface area (Å²) < 4.78 is 19.5. The summed E-state index contributed by atoms with van der Waals surface area (Å²) in [5, 5.41) is 8.88. The lowest BCUT2D eigenvalue weighted by molar-refractivity contribution is -0.0249. The SMILES string of the molecule is Nc1nc(=O)n([C@@H]2CC[C@@H](CO)O2)cc1F. The third-order valence-corrected chi connectivity index (χ3v) is 2.53. The van der Waals surface area contributed by atoms with Gasteiger partial charge in [-0.3, -0.25) is 4.57 Å². The molecule has 7 heteroatoms. The molecule has 1 fully saturated rings. The third kappa shape index (κ3) is 1.91. The number of rotatable bonds is 2. The Balaban J connectivity index is 2.28. The first-order valence-corrected chi connectivity index (χ1v) is 4.92. The van der Waals surface area contributed by atoms with Gasteiger partial charge >= 0.3 is 5.69 Å². The van der Waals surface area contributed by atoms with E-state index in [1.807, 2.05) is 0 Å². The van der Waals surface area contributed by atoms with Crippen LogP contribution in [0.25, 0.3) is 0 Å². The predicted molar refractivity (Wildman–Crippen MR) is 53.1 cm³/mol. The van der Waals surface area contributed by atoms with Crippen molar-refractivity contribution in [1.29, 1.82) is 0 Å². The number of aliphatic hydroxyl groups is 1. The Labute approximate surface area is 90.5 Å². The largest absolute Gasteiger partial charge is 0.394 e. The highest BCUT2D eigenvalue weighted by atomic mass is 19.1. The van der Waals surface area contributed by atoms with Crippen LogP contribution in [0.5, 0.6) is 0 Å². The Kier molecular flexibility index (Phi) is 2.88. The Bertz CT molecular complexity index is 448. The van der Waals surface area contributed by atoms with Gasteiger partial charge in [-0.15, -0.1) is 0 Å². The zero-order valence-electron chi connectivity index (χ0n) is 8.47. The van der Waals surface area contributed by atoms with E-state index < -0.39 is 23.6 Å². The molecule has 6 nitrogen and oxygen atoms in total. The molecular weight excluding hydrogens is 217 g/mol. The average molecular weight is 229 g/mol. The van der Waals surface area contributed by atoms with Gasteiger partial charge in [-0.2, -0.15) is 4.98 Å². The Hall–Kier alpha value is -1.47. The third-order valence-electron chi connectivity index (χ3n) is 2.53. The van der Waals surface area contributed by atoms with Gasteiger partial charge in [0.05, 0.1) is 18.9 Å². The second-order valence-corrected chi connectivity index (χ2v) is 3.64. The molecule has 1 aromatic rings. The van der Waals surface area contributed by atoms with Crippen LogP contribution in [0.1, 0.15) is 19.1 Å². The van der Waals surface area contributed by atoms with Crippen molar-refractivity contribution in [3.8, 4) is 0 Å². The zero-order valence-corrected chi connectivity index (χ0v) is 8.47. The van der Waals surface area contributed by atoms with E-state index in [1.165, 1.54) is 0 Å². The van der Waals surface area contributed by atoms with Crippen molar-refractivity contribution in [3.63, 3.8) is 0 Å². The highest BCUT2D eigenvalue weighted by molar-refractivity contribution is 5.26. The zero-order chi connectivity index (χ0) is 11.7. The van der Waals surface area contributed by atoms with E-state index in [0.29, 0.717) is 12.8 Å². The molecule has 1 saturated heterocycles. The number of nitrogens with zero attached hydrogens (tertiary/aromatic N) is 2. The number of nitrogen functional groups attached to an aromatic ring is 1. The number of anilines is 1. The number of aromatic nitrogens is 2. The van der Waals surface area contributed by atoms with Gasteiger partial charge < -0.3 is 15.6 Å². The standard InChI is InChI=1S/C9H12FN3O3/c10-6-3-13(9(15)12-8(6)11)7-2-1-5(4-14)16-7/h3,5,7,14H,1-2,4H2,(H2,11,12,15)/t5-,7-/m0/s1. The minimum atomic E-state index is -0.754. The van der Waals surface area contributed by atoms with Gasteiger partial charge in [0.2, 0.25) is 0 Å². The van der Waals surface area contributed by atoms with Crippen molar-refractivity contribution >= 4 is 5.82 Å². The summed E-state index contributed by atoms with van der Waals surface area (Å²) in [4.78, 5) is 14.8. The second-order valence-electron chi connectivity index (χ2n) is 3.64. The van der Waals surface area contributed by atoms with Crippen LogP contribution in [0.3, 0.4) is 0 Å². The van der Waals surface area contributed by atoms with Gasteiger partial charge in [-0.1, -0.05) is 0 Å². The van der Waals surface area contributed by atoms with E-state index in [2.05, 4.69) is 4.98 Å². The van der Waals surface area contributed by atoms with Crippen molar-refractivity contribution < 1.29 is 14.2 Å². The van der Waals surface area contributed by atoms with E-state index in [4.69, 9.17) is 15.6 Å². The molecule has 0 unspecified atom stereocenters. The topological polar surface area (TPSA) is 90.4 Å². The van der Waals surface area contributed by atoms with Crippen LogP contribution in [-0.4, -0.2) is 27.4 Å². The van der Waals surface area contributed by atoms with Crippen LogP contribution in [0.2, 0.25) is 0 Å². The smallest absolute Gasteiger partial charge is 0.351 e. The first kappa shape index (κ1) is 11.0. The lowest BCUT2D eigenvalue weighted by Gasteiger charge is -2.14.